The minimum absolute atomic E-state index is 0.119. The van der Waals surface area contributed by atoms with E-state index in [0.29, 0.717) is 18.7 Å². The van der Waals surface area contributed by atoms with Gasteiger partial charge in [-0.05, 0) is 25.7 Å². The van der Waals surface area contributed by atoms with E-state index in [1.807, 2.05) is 18.9 Å². The van der Waals surface area contributed by atoms with E-state index in [9.17, 15) is 9.59 Å². The van der Waals surface area contributed by atoms with Crippen molar-refractivity contribution in [3.63, 3.8) is 0 Å². The van der Waals surface area contributed by atoms with Crippen molar-refractivity contribution >= 4 is 26.7 Å². The molecule has 2 rings (SSSR count). The number of nitrogens with one attached hydrogen (secondary N) is 2. The standard InChI is InChI=1S/C6H12BN2O.C5H9BNO2/c1-9(2)7-5-3-6(10)8-4-5;1-9-6-4-2-5(8)7-3-4/h5H,3-4H2,1-2H3,(H,8,10);4H,2-3H2,1H3,(H,7,8). The van der Waals surface area contributed by atoms with Crippen LogP contribution in [0.4, 0.5) is 0 Å². The predicted octanol–water partition coefficient (Wildman–Crippen LogP) is -0.964. The molecule has 104 valence electrons. The molecule has 2 heterocycles. The molecule has 0 aliphatic carbocycles. The van der Waals surface area contributed by atoms with Crippen LogP contribution in [0.5, 0.6) is 0 Å². The van der Waals surface area contributed by atoms with Crippen molar-refractivity contribution < 1.29 is 14.2 Å². The largest absolute Gasteiger partial charge is 0.443 e. The molecule has 0 aromatic carbocycles. The lowest BCUT2D eigenvalue weighted by Gasteiger charge is -2.10. The molecule has 0 saturated carbocycles. The predicted molar refractivity (Wildman–Crippen MR) is 75.0 cm³/mol. The molecule has 2 atom stereocenters. The van der Waals surface area contributed by atoms with Crippen LogP contribution in [0.25, 0.3) is 0 Å². The third-order valence-corrected chi connectivity index (χ3v) is 2.86. The van der Waals surface area contributed by atoms with E-state index in [0.717, 1.165) is 13.1 Å². The van der Waals surface area contributed by atoms with E-state index < -0.39 is 0 Å². The van der Waals surface area contributed by atoms with Crippen molar-refractivity contribution in [1.82, 2.24) is 15.4 Å². The van der Waals surface area contributed by atoms with Gasteiger partial charge in [-0.1, -0.05) is 0 Å². The molecule has 19 heavy (non-hydrogen) atoms. The lowest BCUT2D eigenvalue weighted by molar-refractivity contribution is -0.119. The fourth-order valence-electron chi connectivity index (χ4n) is 2.07. The van der Waals surface area contributed by atoms with Gasteiger partial charge in [0.1, 0.15) is 0 Å². The summed E-state index contributed by atoms with van der Waals surface area (Å²) in [7, 11) is 9.31. The van der Waals surface area contributed by atoms with E-state index in [4.69, 9.17) is 4.65 Å². The Labute approximate surface area is 116 Å². The zero-order valence-electron chi connectivity index (χ0n) is 11.8. The van der Waals surface area contributed by atoms with Gasteiger partial charge >= 0.3 is 0 Å². The van der Waals surface area contributed by atoms with E-state index >= 15 is 0 Å². The van der Waals surface area contributed by atoms with Crippen molar-refractivity contribution in [3.05, 3.63) is 0 Å². The molecule has 0 aromatic rings. The van der Waals surface area contributed by atoms with Crippen molar-refractivity contribution in [2.75, 3.05) is 34.3 Å². The molecule has 2 fully saturated rings. The lowest BCUT2D eigenvalue weighted by atomic mass is 9.74. The summed E-state index contributed by atoms with van der Waals surface area (Å²) in [6.07, 6.45) is 1.23. The molecule has 0 bridgehead atoms. The summed E-state index contributed by atoms with van der Waals surface area (Å²) < 4.78 is 4.76. The molecule has 2 aliphatic heterocycles. The minimum atomic E-state index is 0.119. The number of amides is 2. The topological polar surface area (TPSA) is 70.7 Å². The summed E-state index contributed by atoms with van der Waals surface area (Å²) >= 11 is 0. The Kier molecular flexibility index (Phi) is 6.94. The van der Waals surface area contributed by atoms with Crippen molar-refractivity contribution in [2.24, 2.45) is 0 Å². The average Bonchev–Trinajstić information content (AvgIpc) is 2.89. The Bertz CT molecular complexity index is 316. The first-order valence-electron chi connectivity index (χ1n) is 6.42. The van der Waals surface area contributed by atoms with Crippen molar-refractivity contribution in [1.29, 1.82) is 0 Å². The van der Waals surface area contributed by atoms with Gasteiger partial charge in [0.05, 0.1) is 0 Å². The van der Waals surface area contributed by atoms with Gasteiger partial charge in [-0.3, -0.25) is 9.59 Å². The molecule has 8 heteroatoms. The highest BCUT2D eigenvalue weighted by molar-refractivity contribution is 6.35. The second-order valence-electron chi connectivity index (χ2n) is 5.02. The third kappa shape index (κ3) is 6.63. The zero-order chi connectivity index (χ0) is 14.3. The number of carbonyl (C=O) groups is 2. The number of carbonyl (C=O) groups excluding carboxylic acids is 2. The first kappa shape index (κ1) is 16.0. The summed E-state index contributed by atoms with van der Waals surface area (Å²) in [5.74, 6) is 0.974. The van der Waals surface area contributed by atoms with Gasteiger partial charge in [-0.15, -0.1) is 0 Å². The summed E-state index contributed by atoms with van der Waals surface area (Å²) in [5.41, 5.74) is 0. The average molecular weight is 265 g/mol. The van der Waals surface area contributed by atoms with E-state index in [1.165, 1.54) is 0 Å². The lowest BCUT2D eigenvalue weighted by Crippen LogP contribution is -2.23. The number of hydrogen-bond acceptors (Lipinski definition) is 4. The number of nitrogens with zero attached hydrogens (tertiary/aromatic N) is 1. The molecule has 2 saturated heterocycles. The summed E-state index contributed by atoms with van der Waals surface area (Å²) in [4.78, 5) is 23.2. The van der Waals surface area contributed by atoms with Gasteiger partial charge in [0.25, 0.3) is 7.48 Å². The zero-order valence-corrected chi connectivity index (χ0v) is 11.8. The van der Waals surface area contributed by atoms with Crippen LogP contribution in [0, 0.1) is 0 Å². The molecular weight excluding hydrogens is 244 g/mol. The SMILES string of the molecule is CN(C)[B]C1CNC(=O)C1.CO[B]C1CNC(=O)C1. The van der Waals surface area contributed by atoms with Gasteiger partial charge < -0.3 is 20.1 Å². The molecule has 2 unspecified atom stereocenters. The van der Waals surface area contributed by atoms with Crippen LogP contribution in [-0.2, 0) is 14.2 Å². The van der Waals surface area contributed by atoms with Gasteiger partial charge in [0.2, 0.25) is 19.2 Å². The highest BCUT2D eigenvalue weighted by Gasteiger charge is 2.23. The van der Waals surface area contributed by atoms with Crippen LogP contribution < -0.4 is 10.6 Å². The Hall–Kier alpha value is -1.01. The molecular formula is C11H21B2N3O3. The van der Waals surface area contributed by atoms with Crippen molar-refractivity contribution in [2.45, 2.75) is 24.5 Å². The normalized spacial score (nSPS) is 25.5. The van der Waals surface area contributed by atoms with E-state index in [2.05, 4.69) is 18.0 Å². The van der Waals surface area contributed by atoms with Crippen molar-refractivity contribution in [3.8, 4) is 0 Å². The Balaban J connectivity index is 0.000000191. The molecule has 0 aromatic heterocycles. The Morgan fingerprint density at radius 1 is 1.11 bits per heavy atom. The molecule has 0 spiro atoms. The Morgan fingerprint density at radius 2 is 1.63 bits per heavy atom. The number of rotatable bonds is 4. The third-order valence-electron chi connectivity index (χ3n) is 2.86. The molecule has 2 aliphatic rings. The van der Waals surface area contributed by atoms with Gasteiger partial charge in [-0.25, -0.2) is 0 Å². The summed E-state index contributed by atoms with van der Waals surface area (Å²) in [6, 6.07) is 0. The number of hydrogen-bond donors (Lipinski definition) is 2. The minimum Gasteiger partial charge on any atom is -0.443 e. The van der Waals surface area contributed by atoms with Crippen LogP contribution in [0.15, 0.2) is 0 Å². The smallest absolute Gasteiger partial charge is 0.297 e. The van der Waals surface area contributed by atoms with Crippen LogP contribution in [0.1, 0.15) is 12.8 Å². The van der Waals surface area contributed by atoms with Gasteiger partial charge in [0.15, 0.2) is 0 Å². The second-order valence-corrected chi connectivity index (χ2v) is 5.02. The maximum atomic E-state index is 10.7. The first-order valence-corrected chi connectivity index (χ1v) is 6.42. The van der Waals surface area contributed by atoms with E-state index in [1.54, 1.807) is 14.6 Å². The highest BCUT2D eigenvalue weighted by atomic mass is 16.4. The second kappa shape index (κ2) is 8.22. The Morgan fingerprint density at radius 3 is 2.00 bits per heavy atom. The maximum absolute atomic E-state index is 10.7. The fourth-order valence-corrected chi connectivity index (χ4v) is 2.07. The summed E-state index contributed by atoms with van der Waals surface area (Å²) in [6.45, 7) is 1.53. The maximum Gasteiger partial charge on any atom is 0.297 e. The van der Waals surface area contributed by atoms with Crippen LogP contribution in [0.2, 0.25) is 11.6 Å². The molecule has 6 nitrogen and oxygen atoms in total. The van der Waals surface area contributed by atoms with Gasteiger partial charge in [0, 0.05) is 33.0 Å². The molecule has 2 amide bonds. The van der Waals surface area contributed by atoms with E-state index in [-0.39, 0.29) is 17.6 Å². The molecule has 2 N–H and O–H groups in total. The van der Waals surface area contributed by atoms with Gasteiger partial charge in [-0.2, -0.15) is 0 Å². The quantitative estimate of drug-likeness (QED) is 0.642. The first-order chi connectivity index (χ1) is 9.01. The monoisotopic (exact) mass is 265 g/mol. The fraction of sp³-hybridized carbons (Fsp3) is 0.818. The van der Waals surface area contributed by atoms with Crippen LogP contribution in [-0.4, -0.2) is 65.8 Å². The van der Waals surface area contributed by atoms with Crippen LogP contribution >= 0.6 is 0 Å². The highest BCUT2D eigenvalue weighted by Crippen LogP contribution is 2.14. The molecule has 2 radical (unpaired) electrons. The van der Waals surface area contributed by atoms with Crippen LogP contribution in [0.3, 0.4) is 0 Å². The summed E-state index contributed by atoms with van der Waals surface area (Å²) in [5, 5.41) is 5.48.